The smallest absolute Gasteiger partial charge is 0.254 e. The lowest BCUT2D eigenvalue weighted by molar-refractivity contribution is -0.141. The number of hydrogen-bond acceptors (Lipinski definition) is 4. The molecule has 21 heavy (non-hydrogen) atoms. The largest absolute Gasteiger partial charge is 0.463 e. The Labute approximate surface area is 121 Å². The molecule has 1 spiro atoms. The van der Waals surface area contributed by atoms with Gasteiger partial charge in [0.1, 0.15) is 5.76 Å². The highest BCUT2D eigenvalue weighted by Crippen LogP contribution is 2.73. The Bertz CT molecular complexity index is 665. The van der Waals surface area contributed by atoms with Crippen molar-refractivity contribution in [2.24, 2.45) is 34.2 Å². The molecule has 1 aromatic rings. The summed E-state index contributed by atoms with van der Waals surface area (Å²) in [7, 11) is 0. The monoisotopic (exact) mass is 282 g/mol. The highest BCUT2D eigenvalue weighted by atomic mass is 16.3. The first-order valence-corrected chi connectivity index (χ1v) is 7.36. The molecule has 0 radical (unpaired) electrons. The van der Waals surface area contributed by atoms with Crippen LogP contribution in [0.25, 0.3) is 0 Å². The van der Waals surface area contributed by atoms with Gasteiger partial charge in [-0.05, 0) is 42.2 Å². The van der Waals surface area contributed by atoms with Crippen LogP contribution in [0, 0.1) is 29.1 Å². The molecule has 5 nitrogen and oxygen atoms in total. The van der Waals surface area contributed by atoms with Crippen LogP contribution in [0.5, 0.6) is 0 Å². The van der Waals surface area contributed by atoms with E-state index in [4.69, 9.17) is 4.42 Å². The van der Waals surface area contributed by atoms with E-state index in [0.717, 1.165) is 17.9 Å². The maximum atomic E-state index is 12.6. The lowest BCUT2D eigenvalue weighted by Crippen LogP contribution is -2.30. The van der Waals surface area contributed by atoms with Gasteiger partial charge in [-0.15, -0.1) is 0 Å². The Balaban J connectivity index is 1.48. The highest BCUT2D eigenvalue weighted by Gasteiger charge is 2.73. The minimum absolute atomic E-state index is 0.143. The summed E-state index contributed by atoms with van der Waals surface area (Å²) in [4.78, 5) is 25.2. The molecule has 0 aromatic carbocycles. The second-order valence-corrected chi connectivity index (χ2v) is 6.47. The van der Waals surface area contributed by atoms with Crippen molar-refractivity contribution in [1.82, 2.24) is 5.01 Å². The number of rotatable bonds is 2. The third kappa shape index (κ3) is 1.25. The maximum Gasteiger partial charge on any atom is 0.254 e. The zero-order chi connectivity index (χ0) is 14.2. The van der Waals surface area contributed by atoms with Gasteiger partial charge in [-0.3, -0.25) is 9.59 Å². The average Bonchev–Trinajstić information content (AvgIpc) is 2.77. The van der Waals surface area contributed by atoms with Crippen LogP contribution in [0.1, 0.15) is 18.6 Å². The third-order valence-electron chi connectivity index (χ3n) is 5.67. The van der Waals surface area contributed by atoms with Crippen LogP contribution >= 0.6 is 0 Å². The molecule has 1 aromatic heterocycles. The SMILES string of the molecule is O=C1[C@@H]2[C@@H](C(=O)N1/N=C\c1ccco1)[C@@H]1C=C[C@H]2C12CC2. The van der Waals surface area contributed by atoms with E-state index >= 15 is 0 Å². The van der Waals surface area contributed by atoms with E-state index in [2.05, 4.69) is 17.3 Å². The normalized spacial score (nSPS) is 38.2. The second-order valence-electron chi connectivity index (χ2n) is 6.47. The molecule has 3 fully saturated rings. The minimum atomic E-state index is -0.191. The average molecular weight is 282 g/mol. The molecule has 5 rings (SSSR count). The van der Waals surface area contributed by atoms with Crippen molar-refractivity contribution in [2.75, 3.05) is 0 Å². The summed E-state index contributed by atoms with van der Waals surface area (Å²) in [5, 5.41) is 5.12. The van der Waals surface area contributed by atoms with Gasteiger partial charge in [0.15, 0.2) is 0 Å². The summed E-state index contributed by atoms with van der Waals surface area (Å²) in [5.41, 5.74) is 0.234. The van der Waals surface area contributed by atoms with Crippen LogP contribution in [0.3, 0.4) is 0 Å². The van der Waals surface area contributed by atoms with Crippen LogP contribution in [0.4, 0.5) is 0 Å². The van der Waals surface area contributed by atoms with Gasteiger partial charge in [0.2, 0.25) is 0 Å². The number of fused-ring (bicyclic) bond motifs is 3. The first-order valence-electron chi connectivity index (χ1n) is 7.36. The van der Waals surface area contributed by atoms with Gasteiger partial charge < -0.3 is 4.42 Å². The standard InChI is InChI=1S/C16H14N2O3/c19-14-12-10-3-4-11(16(10)5-6-16)13(12)15(20)18(14)17-8-9-2-1-7-21-9/h1-4,7-8,10-13H,5-6H2/b17-8-/t10-,11+,12-,13-/m0/s1. The summed E-state index contributed by atoms with van der Waals surface area (Å²) in [6.45, 7) is 0. The summed E-state index contributed by atoms with van der Waals surface area (Å²) >= 11 is 0. The summed E-state index contributed by atoms with van der Waals surface area (Å²) in [5.74, 6) is 0.354. The number of carbonyl (C=O) groups is 2. The number of amides is 2. The van der Waals surface area contributed by atoms with Crippen LogP contribution in [0.2, 0.25) is 0 Å². The lowest BCUT2D eigenvalue weighted by atomic mass is 9.85. The zero-order valence-electron chi connectivity index (χ0n) is 11.3. The fourth-order valence-electron chi connectivity index (χ4n) is 4.66. The van der Waals surface area contributed by atoms with Crippen LogP contribution in [0.15, 0.2) is 40.1 Å². The maximum absolute atomic E-state index is 12.6. The molecule has 3 aliphatic carbocycles. The van der Waals surface area contributed by atoms with Gasteiger partial charge in [-0.2, -0.15) is 10.1 Å². The molecule has 2 saturated carbocycles. The van der Waals surface area contributed by atoms with Gasteiger partial charge in [0, 0.05) is 0 Å². The van der Waals surface area contributed by atoms with Crippen molar-refractivity contribution in [3.8, 4) is 0 Å². The van der Waals surface area contributed by atoms with Crippen molar-refractivity contribution < 1.29 is 14.0 Å². The predicted molar refractivity (Wildman–Crippen MR) is 72.9 cm³/mol. The summed E-state index contributed by atoms with van der Waals surface area (Å²) in [6, 6.07) is 3.48. The Hall–Kier alpha value is -2.17. The number of imide groups is 1. The third-order valence-corrected chi connectivity index (χ3v) is 5.67. The predicted octanol–water partition coefficient (Wildman–Crippen LogP) is 1.81. The summed E-state index contributed by atoms with van der Waals surface area (Å²) < 4.78 is 5.14. The van der Waals surface area contributed by atoms with Gasteiger partial charge in [0.25, 0.3) is 11.8 Å². The molecule has 0 N–H and O–H groups in total. The van der Waals surface area contributed by atoms with Crippen molar-refractivity contribution in [2.45, 2.75) is 12.8 Å². The quantitative estimate of drug-likeness (QED) is 0.472. The fraction of sp³-hybridized carbons (Fsp3) is 0.438. The first kappa shape index (κ1) is 11.5. The number of hydrogen-bond donors (Lipinski definition) is 0. The Morgan fingerprint density at radius 3 is 2.38 bits per heavy atom. The van der Waals surface area contributed by atoms with Crippen molar-refractivity contribution in [1.29, 1.82) is 0 Å². The number of furan rings is 1. The van der Waals surface area contributed by atoms with Crippen molar-refractivity contribution >= 4 is 18.0 Å². The van der Waals surface area contributed by atoms with E-state index in [1.54, 1.807) is 12.1 Å². The highest BCUT2D eigenvalue weighted by molar-refractivity contribution is 6.07. The van der Waals surface area contributed by atoms with Gasteiger partial charge >= 0.3 is 0 Å². The van der Waals surface area contributed by atoms with E-state index in [1.165, 1.54) is 12.5 Å². The van der Waals surface area contributed by atoms with E-state index in [9.17, 15) is 9.59 Å². The number of allylic oxidation sites excluding steroid dienone is 2. The molecule has 4 aliphatic rings. The first-order chi connectivity index (χ1) is 10.2. The molecule has 2 heterocycles. The van der Waals surface area contributed by atoms with Gasteiger partial charge in [-0.25, -0.2) is 0 Å². The number of carbonyl (C=O) groups excluding carboxylic acids is 2. The molecule has 106 valence electrons. The van der Waals surface area contributed by atoms with Crippen LogP contribution in [-0.2, 0) is 9.59 Å². The van der Waals surface area contributed by atoms with Crippen LogP contribution < -0.4 is 0 Å². The molecule has 5 heteroatoms. The molecule has 2 amide bonds. The Morgan fingerprint density at radius 1 is 1.19 bits per heavy atom. The molecular weight excluding hydrogens is 268 g/mol. The topological polar surface area (TPSA) is 62.9 Å². The van der Waals surface area contributed by atoms with Crippen LogP contribution in [-0.4, -0.2) is 23.0 Å². The zero-order valence-corrected chi connectivity index (χ0v) is 11.3. The Kier molecular flexibility index (Phi) is 1.93. The number of nitrogens with zero attached hydrogens (tertiary/aromatic N) is 2. The second kappa shape index (κ2) is 3.53. The van der Waals surface area contributed by atoms with E-state index in [-0.39, 0.29) is 40.9 Å². The molecule has 4 atom stereocenters. The fourth-order valence-corrected chi connectivity index (χ4v) is 4.66. The summed E-state index contributed by atoms with van der Waals surface area (Å²) in [6.07, 6.45) is 9.58. The molecule has 2 bridgehead atoms. The molecule has 1 saturated heterocycles. The molecule has 0 unspecified atom stereocenters. The van der Waals surface area contributed by atoms with E-state index in [1.807, 2.05) is 0 Å². The number of hydrazone groups is 1. The lowest BCUT2D eigenvalue weighted by Gasteiger charge is -2.18. The van der Waals surface area contributed by atoms with E-state index in [0.29, 0.717) is 5.76 Å². The van der Waals surface area contributed by atoms with E-state index < -0.39 is 0 Å². The molecular formula is C16H14N2O3. The van der Waals surface area contributed by atoms with Crippen molar-refractivity contribution in [3.63, 3.8) is 0 Å². The Morgan fingerprint density at radius 2 is 1.86 bits per heavy atom. The molecule has 1 aliphatic heterocycles. The van der Waals surface area contributed by atoms with Gasteiger partial charge in [-0.1, -0.05) is 12.2 Å². The van der Waals surface area contributed by atoms with Crippen molar-refractivity contribution in [3.05, 3.63) is 36.3 Å². The van der Waals surface area contributed by atoms with Gasteiger partial charge in [0.05, 0.1) is 24.3 Å². The minimum Gasteiger partial charge on any atom is -0.463 e.